The molecule has 3 atom stereocenters. The summed E-state index contributed by atoms with van der Waals surface area (Å²) >= 11 is 0. The summed E-state index contributed by atoms with van der Waals surface area (Å²) in [4.78, 5) is 27.4. The molecule has 0 saturated carbocycles. The van der Waals surface area contributed by atoms with Crippen molar-refractivity contribution >= 4 is 6.29 Å². The number of hydrogen-bond acceptors (Lipinski definition) is 9. The van der Waals surface area contributed by atoms with Gasteiger partial charge in [0.2, 0.25) is 0 Å². The van der Waals surface area contributed by atoms with Crippen LogP contribution in [0.2, 0.25) is 0 Å². The third-order valence-electron chi connectivity index (χ3n) is 6.01. The number of aromatic nitrogens is 3. The summed E-state index contributed by atoms with van der Waals surface area (Å²) in [6, 6.07) is 15.8. The molecule has 3 aromatic rings. The summed E-state index contributed by atoms with van der Waals surface area (Å²) in [6.07, 6.45) is 4.46. The van der Waals surface area contributed by atoms with Crippen LogP contribution in [0.1, 0.15) is 35.5 Å². The van der Waals surface area contributed by atoms with E-state index in [0.29, 0.717) is 45.3 Å². The lowest BCUT2D eigenvalue weighted by Crippen LogP contribution is -2.53. The van der Waals surface area contributed by atoms with E-state index >= 15 is 0 Å². The molecule has 1 unspecified atom stereocenters. The minimum atomic E-state index is -1.35. The number of rotatable bonds is 11. The predicted octanol–water partition coefficient (Wildman–Crippen LogP) is 1.59. The van der Waals surface area contributed by atoms with Crippen molar-refractivity contribution in [1.29, 1.82) is 0 Å². The Morgan fingerprint density at radius 1 is 0.971 bits per heavy atom. The monoisotopic (exact) mass is 477 g/mol. The number of nitrogens with one attached hydrogen (secondary N) is 1. The largest absolute Gasteiger partial charge is 0.388 e. The van der Waals surface area contributed by atoms with Gasteiger partial charge in [-0.25, -0.2) is 0 Å². The maximum absolute atomic E-state index is 11.6. The zero-order valence-electron chi connectivity index (χ0n) is 19.5. The maximum Gasteiger partial charge on any atom is 0.182 e. The van der Waals surface area contributed by atoms with Gasteiger partial charge in [0.1, 0.15) is 11.7 Å². The molecule has 0 amide bonds. The van der Waals surface area contributed by atoms with Crippen molar-refractivity contribution in [3.8, 4) is 0 Å². The molecule has 0 spiro atoms. The van der Waals surface area contributed by atoms with E-state index in [0.717, 1.165) is 22.6 Å². The Balaban J connectivity index is 1.34. The number of aliphatic hydroxyl groups excluding tert-OH is 2. The Labute approximate surface area is 204 Å². The van der Waals surface area contributed by atoms with Crippen LogP contribution in [-0.2, 0) is 35.7 Å². The molecule has 0 aromatic carbocycles. The lowest BCUT2D eigenvalue weighted by atomic mass is 9.93. The van der Waals surface area contributed by atoms with Crippen LogP contribution in [0.5, 0.6) is 0 Å². The van der Waals surface area contributed by atoms with E-state index in [4.69, 9.17) is 4.74 Å². The highest BCUT2D eigenvalue weighted by Crippen LogP contribution is 2.26. The predicted molar refractivity (Wildman–Crippen MR) is 128 cm³/mol. The second-order valence-electron chi connectivity index (χ2n) is 8.85. The van der Waals surface area contributed by atoms with Crippen LogP contribution >= 0.6 is 0 Å². The summed E-state index contributed by atoms with van der Waals surface area (Å²) in [5.41, 5.74) is 2.72. The van der Waals surface area contributed by atoms with Crippen LogP contribution in [0.15, 0.2) is 67.1 Å². The molecule has 3 aromatic heterocycles. The molecule has 1 saturated heterocycles. The molecule has 9 nitrogen and oxygen atoms in total. The number of carbonyl (C=O) groups is 1. The molecule has 0 aliphatic carbocycles. The number of aliphatic hydroxyl groups is 2. The normalized spacial score (nSPS) is 22.3. The highest BCUT2D eigenvalue weighted by Gasteiger charge is 2.40. The van der Waals surface area contributed by atoms with Gasteiger partial charge in [0.15, 0.2) is 12.6 Å². The van der Waals surface area contributed by atoms with Gasteiger partial charge in [0, 0.05) is 51.3 Å². The first-order valence-corrected chi connectivity index (χ1v) is 11.7. The summed E-state index contributed by atoms with van der Waals surface area (Å²) < 4.78 is 5.38. The van der Waals surface area contributed by atoms with Gasteiger partial charge in [-0.15, -0.1) is 0 Å². The number of ether oxygens (including phenoxy) is 1. The maximum atomic E-state index is 11.6. The average molecular weight is 478 g/mol. The number of aldehydes is 1. The second-order valence-corrected chi connectivity index (χ2v) is 8.85. The van der Waals surface area contributed by atoms with Crippen molar-refractivity contribution in [2.24, 2.45) is 0 Å². The number of hydrogen-bond donors (Lipinski definition) is 3. The van der Waals surface area contributed by atoms with E-state index in [1.165, 1.54) is 0 Å². The van der Waals surface area contributed by atoms with Crippen LogP contribution in [0.25, 0.3) is 0 Å². The van der Waals surface area contributed by atoms with E-state index < -0.39 is 18.0 Å². The third kappa shape index (κ3) is 7.20. The molecule has 0 bridgehead atoms. The zero-order chi connectivity index (χ0) is 24.5. The lowest BCUT2D eigenvalue weighted by molar-refractivity contribution is -0.243. The van der Waals surface area contributed by atoms with Gasteiger partial charge < -0.3 is 25.1 Å². The van der Waals surface area contributed by atoms with Gasteiger partial charge in [-0.3, -0.25) is 19.9 Å². The molecular weight excluding hydrogens is 446 g/mol. The van der Waals surface area contributed by atoms with Gasteiger partial charge in [-0.05, 0) is 48.7 Å². The summed E-state index contributed by atoms with van der Waals surface area (Å²) in [6.45, 7) is 2.73. The highest BCUT2D eigenvalue weighted by atomic mass is 16.6. The molecule has 1 aliphatic heterocycles. The van der Waals surface area contributed by atoms with Crippen LogP contribution in [0.4, 0.5) is 0 Å². The van der Waals surface area contributed by atoms with Gasteiger partial charge in [0.25, 0.3) is 0 Å². The van der Waals surface area contributed by atoms with Crippen molar-refractivity contribution in [3.63, 3.8) is 0 Å². The SMILES string of the molecule is O=CC1(CNCc2ccc(CN(Cc3ccccn3)Cc3ccccn3)nc2)CC[C@@H](O)[C@@H](O)O1. The highest BCUT2D eigenvalue weighted by molar-refractivity contribution is 5.63. The van der Waals surface area contributed by atoms with Crippen LogP contribution in [-0.4, -0.2) is 60.9 Å². The molecule has 184 valence electrons. The molecule has 3 N–H and O–H groups in total. The smallest absolute Gasteiger partial charge is 0.182 e. The minimum Gasteiger partial charge on any atom is -0.388 e. The van der Waals surface area contributed by atoms with Gasteiger partial charge in [0.05, 0.1) is 17.1 Å². The van der Waals surface area contributed by atoms with E-state index in [9.17, 15) is 15.0 Å². The first-order valence-electron chi connectivity index (χ1n) is 11.7. The Hall–Kier alpha value is -3.08. The molecule has 1 aliphatic rings. The first-order chi connectivity index (χ1) is 17.0. The quantitative estimate of drug-likeness (QED) is 0.354. The van der Waals surface area contributed by atoms with E-state index in [-0.39, 0.29) is 6.54 Å². The summed E-state index contributed by atoms with van der Waals surface area (Å²) in [5.74, 6) is 0. The van der Waals surface area contributed by atoms with Crippen LogP contribution < -0.4 is 5.32 Å². The Morgan fingerprint density at radius 3 is 2.14 bits per heavy atom. The molecule has 4 rings (SSSR count). The van der Waals surface area contributed by atoms with Crippen molar-refractivity contribution < 1.29 is 19.7 Å². The standard InChI is InChI=1S/C26H31N5O4/c32-19-26(10-9-24(33)25(34)35-26)18-27-13-20-7-8-23(30-14-20)17-31(15-21-5-1-3-11-28-21)16-22-6-2-4-12-29-22/h1-8,11-12,14,19,24-25,27,33-34H,9-10,13,15-18H2/t24-,25+,26?/m1/s1. The molecule has 4 heterocycles. The average Bonchev–Trinajstić information content (AvgIpc) is 2.88. The lowest BCUT2D eigenvalue weighted by Gasteiger charge is -2.37. The Morgan fingerprint density at radius 2 is 1.63 bits per heavy atom. The van der Waals surface area contributed by atoms with Gasteiger partial charge >= 0.3 is 0 Å². The van der Waals surface area contributed by atoms with E-state index in [2.05, 4.69) is 25.2 Å². The molecule has 0 radical (unpaired) electrons. The number of carbonyl (C=O) groups excluding carboxylic acids is 1. The zero-order valence-corrected chi connectivity index (χ0v) is 19.5. The Kier molecular flexibility index (Phi) is 8.62. The van der Waals surface area contributed by atoms with Crippen molar-refractivity contribution in [2.75, 3.05) is 6.54 Å². The first kappa shape index (κ1) is 25.0. The van der Waals surface area contributed by atoms with Crippen molar-refractivity contribution in [2.45, 2.75) is 57.0 Å². The fourth-order valence-corrected chi connectivity index (χ4v) is 4.08. The Bertz CT molecular complexity index is 1010. The van der Waals surface area contributed by atoms with Crippen LogP contribution in [0, 0.1) is 0 Å². The molecule has 9 heteroatoms. The molecule has 1 fully saturated rings. The third-order valence-corrected chi connectivity index (χ3v) is 6.01. The van der Waals surface area contributed by atoms with Crippen molar-refractivity contribution in [1.82, 2.24) is 25.2 Å². The fourth-order valence-electron chi connectivity index (χ4n) is 4.08. The minimum absolute atomic E-state index is 0.240. The van der Waals surface area contributed by atoms with E-state index in [1.54, 1.807) is 12.4 Å². The summed E-state index contributed by atoms with van der Waals surface area (Å²) in [5, 5.41) is 22.6. The van der Waals surface area contributed by atoms with E-state index in [1.807, 2.05) is 54.7 Å². The fraction of sp³-hybridized carbons (Fsp3) is 0.385. The van der Waals surface area contributed by atoms with Gasteiger partial charge in [-0.2, -0.15) is 0 Å². The van der Waals surface area contributed by atoms with Crippen molar-refractivity contribution in [3.05, 3.63) is 89.8 Å². The molecular formula is C26H31N5O4. The molecule has 35 heavy (non-hydrogen) atoms. The van der Waals surface area contributed by atoms with Crippen LogP contribution in [0.3, 0.4) is 0 Å². The second kappa shape index (κ2) is 12.1. The topological polar surface area (TPSA) is 121 Å². The van der Waals surface area contributed by atoms with Gasteiger partial charge in [-0.1, -0.05) is 18.2 Å². The summed E-state index contributed by atoms with van der Waals surface area (Å²) in [7, 11) is 0. The number of nitrogens with zero attached hydrogens (tertiary/aromatic N) is 4. The number of pyridine rings is 3.